The van der Waals surface area contributed by atoms with Crippen molar-refractivity contribution in [2.24, 2.45) is 0 Å². The van der Waals surface area contributed by atoms with Crippen molar-refractivity contribution in [1.82, 2.24) is 0 Å². The molecule has 6 heteroatoms. The van der Waals surface area contributed by atoms with Gasteiger partial charge in [-0.1, -0.05) is 0 Å². The lowest BCUT2D eigenvalue weighted by Crippen LogP contribution is -2.36. The second-order valence-corrected chi connectivity index (χ2v) is 5.17. The summed E-state index contributed by atoms with van der Waals surface area (Å²) in [6.45, 7) is 2.12. The number of anilines is 1. The third-order valence-corrected chi connectivity index (χ3v) is 3.72. The first-order valence-corrected chi connectivity index (χ1v) is 6.48. The molecule has 0 N–H and O–H groups in total. The predicted octanol–water partition coefficient (Wildman–Crippen LogP) is 2.06. The minimum absolute atomic E-state index is 0.0834. The van der Waals surface area contributed by atoms with Gasteiger partial charge in [-0.05, 0) is 25.8 Å². The zero-order valence-corrected chi connectivity index (χ0v) is 10.9. The van der Waals surface area contributed by atoms with Crippen LogP contribution in [0.2, 0.25) is 0 Å². The summed E-state index contributed by atoms with van der Waals surface area (Å²) in [5, 5.41) is 0. The van der Waals surface area contributed by atoms with Crippen LogP contribution in [0.4, 0.5) is 14.5 Å². The lowest BCUT2D eigenvalue weighted by Gasteiger charge is -2.20. The maximum absolute atomic E-state index is 13.3. The van der Waals surface area contributed by atoms with Crippen LogP contribution in [0, 0.1) is 11.6 Å². The maximum Gasteiger partial charge on any atom is 0.299 e. The maximum atomic E-state index is 13.3. The molecule has 2 heterocycles. The number of rotatable bonds is 2. The van der Waals surface area contributed by atoms with E-state index in [0.29, 0.717) is 0 Å². The summed E-state index contributed by atoms with van der Waals surface area (Å²) in [6, 6.07) is 1.68. The van der Waals surface area contributed by atoms with Crippen LogP contribution in [0.1, 0.15) is 30.1 Å². The monoisotopic (exact) mass is 281 g/mol. The number of halogens is 2. The van der Waals surface area contributed by atoms with Crippen molar-refractivity contribution in [3.63, 3.8) is 0 Å². The van der Waals surface area contributed by atoms with Gasteiger partial charge in [-0.15, -0.1) is 0 Å². The average molecular weight is 281 g/mol. The number of Topliss-reactive ketones (excluding diaryl/α,β-unsaturated/α-hetero) is 1. The Labute approximate surface area is 114 Å². The third kappa shape index (κ3) is 2.00. The standard InChI is InChI=1S/C14H13F2NO3/c1-7-2-3-8(20-7)6-17-12-5-11(16)10(15)4-9(12)13(18)14(17)19/h4-5,7-8H,2-3,6H2,1H3. The fourth-order valence-electron chi connectivity index (χ4n) is 2.69. The molecule has 0 aliphatic carbocycles. The normalized spacial score (nSPS) is 25.4. The van der Waals surface area contributed by atoms with E-state index < -0.39 is 23.3 Å². The van der Waals surface area contributed by atoms with Gasteiger partial charge in [0.2, 0.25) is 0 Å². The van der Waals surface area contributed by atoms with Crippen molar-refractivity contribution in [3.8, 4) is 0 Å². The Morgan fingerprint density at radius 2 is 1.95 bits per heavy atom. The zero-order chi connectivity index (χ0) is 14.4. The molecule has 0 saturated carbocycles. The molecule has 1 amide bonds. The van der Waals surface area contributed by atoms with Gasteiger partial charge in [0, 0.05) is 6.07 Å². The van der Waals surface area contributed by atoms with Crippen molar-refractivity contribution in [1.29, 1.82) is 0 Å². The Morgan fingerprint density at radius 3 is 2.60 bits per heavy atom. The number of hydrogen-bond donors (Lipinski definition) is 0. The van der Waals surface area contributed by atoms with Crippen LogP contribution in [-0.4, -0.2) is 30.4 Å². The first kappa shape index (κ1) is 13.2. The highest BCUT2D eigenvalue weighted by Gasteiger charge is 2.39. The van der Waals surface area contributed by atoms with E-state index >= 15 is 0 Å². The summed E-state index contributed by atoms with van der Waals surface area (Å²) in [6.07, 6.45) is 1.59. The molecule has 1 aromatic carbocycles. The fraction of sp³-hybridized carbons (Fsp3) is 0.429. The number of benzene rings is 1. The summed E-state index contributed by atoms with van der Waals surface area (Å²) in [5.41, 5.74) is 0.0435. The molecule has 0 spiro atoms. The molecule has 2 unspecified atom stereocenters. The van der Waals surface area contributed by atoms with Crippen LogP contribution < -0.4 is 4.90 Å². The lowest BCUT2D eigenvalue weighted by molar-refractivity contribution is -0.114. The van der Waals surface area contributed by atoms with Gasteiger partial charge in [0.1, 0.15) is 0 Å². The number of amides is 1. The highest BCUT2D eigenvalue weighted by atomic mass is 19.2. The number of carbonyl (C=O) groups excluding carboxylic acids is 2. The topological polar surface area (TPSA) is 46.6 Å². The van der Waals surface area contributed by atoms with E-state index in [1.807, 2.05) is 6.92 Å². The van der Waals surface area contributed by atoms with E-state index in [2.05, 4.69) is 0 Å². The van der Waals surface area contributed by atoms with Crippen molar-refractivity contribution < 1.29 is 23.1 Å². The molecule has 0 radical (unpaired) electrons. The fourth-order valence-corrected chi connectivity index (χ4v) is 2.69. The number of fused-ring (bicyclic) bond motifs is 1. The van der Waals surface area contributed by atoms with Gasteiger partial charge in [0.15, 0.2) is 11.6 Å². The van der Waals surface area contributed by atoms with E-state index in [0.717, 1.165) is 25.0 Å². The zero-order valence-electron chi connectivity index (χ0n) is 10.9. The summed E-state index contributed by atoms with van der Waals surface area (Å²) in [4.78, 5) is 24.9. The minimum atomic E-state index is -1.13. The molecule has 2 aliphatic heterocycles. The SMILES string of the molecule is CC1CCC(CN2C(=O)C(=O)c3cc(F)c(F)cc32)O1. The highest BCUT2D eigenvalue weighted by molar-refractivity contribution is 6.52. The molecule has 1 saturated heterocycles. The summed E-state index contributed by atoms with van der Waals surface area (Å²) in [7, 11) is 0. The molecule has 1 fully saturated rings. The molecular weight excluding hydrogens is 268 g/mol. The van der Waals surface area contributed by atoms with Gasteiger partial charge < -0.3 is 9.64 Å². The van der Waals surface area contributed by atoms with E-state index in [4.69, 9.17) is 4.74 Å². The van der Waals surface area contributed by atoms with Crippen molar-refractivity contribution in [3.05, 3.63) is 29.3 Å². The predicted molar refractivity (Wildman–Crippen MR) is 66.6 cm³/mol. The highest BCUT2D eigenvalue weighted by Crippen LogP contribution is 2.32. The van der Waals surface area contributed by atoms with Crippen LogP contribution in [0.25, 0.3) is 0 Å². The van der Waals surface area contributed by atoms with Crippen LogP contribution >= 0.6 is 0 Å². The Balaban J connectivity index is 1.92. The molecule has 106 valence electrons. The van der Waals surface area contributed by atoms with Crippen LogP contribution in [0.3, 0.4) is 0 Å². The second kappa shape index (κ2) is 4.63. The van der Waals surface area contributed by atoms with Crippen molar-refractivity contribution in [2.75, 3.05) is 11.4 Å². The Kier molecular flexibility index (Phi) is 3.05. The van der Waals surface area contributed by atoms with Crippen LogP contribution in [0.15, 0.2) is 12.1 Å². The Bertz CT molecular complexity index is 602. The number of ketones is 1. The summed E-state index contributed by atoms with van der Waals surface area (Å²) >= 11 is 0. The lowest BCUT2D eigenvalue weighted by atomic mass is 10.1. The molecule has 2 aliphatic rings. The second-order valence-electron chi connectivity index (χ2n) is 5.17. The quantitative estimate of drug-likeness (QED) is 0.780. The molecule has 3 rings (SSSR count). The minimum Gasteiger partial charge on any atom is -0.373 e. The smallest absolute Gasteiger partial charge is 0.299 e. The molecule has 4 nitrogen and oxygen atoms in total. The number of hydrogen-bond acceptors (Lipinski definition) is 3. The molecule has 20 heavy (non-hydrogen) atoms. The van der Waals surface area contributed by atoms with Gasteiger partial charge >= 0.3 is 0 Å². The van der Waals surface area contributed by atoms with Gasteiger partial charge in [-0.25, -0.2) is 8.78 Å². The number of carbonyl (C=O) groups is 2. The molecular formula is C14H13F2NO3. The van der Waals surface area contributed by atoms with Crippen molar-refractivity contribution >= 4 is 17.4 Å². The van der Waals surface area contributed by atoms with E-state index in [-0.39, 0.29) is 30.0 Å². The van der Waals surface area contributed by atoms with Gasteiger partial charge in [-0.3, -0.25) is 9.59 Å². The first-order chi connectivity index (χ1) is 9.47. The Hall–Kier alpha value is -1.82. The number of ether oxygens (including phenoxy) is 1. The molecule has 2 atom stereocenters. The largest absolute Gasteiger partial charge is 0.373 e. The Morgan fingerprint density at radius 1 is 1.25 bits per heavy atom. The summed E-state index contributed by atoms with van der Waals surface area (Å²) in [5.74, 6) is -3.76. The van der Waals surface area contributed by atoms with E-state index in [9.17, 15) is 18.4 Å². The van der Waals surface area contributed by atoms with E-state index in [1.54, 1.807) is 0 Å². The number of nitrogens with zero attached hydrogens (tertiary/aromatic N) is 1. The average Bonchev–Trinajstić information content (AvgIpc) is 2.90. The summed E-state index contributed by atoms with van der Waals surface area (Å²) < 4.78 is 32.1. The van der Waals surface area contributed by atoms with Crippen LogP contribution in [-0.2, 0) is 9.53 Å². The van der Waals surface area contributed by atoms with Gasteiger partial charge in [0.05, 0.1) is 30.0 Å². The molecule has 0 bridgehead atoms. The van der Waals surface area contributed by atoms with E-state index in [1.165, 1.54) is 4.90 Å². The van der Waals surface area contributed by atoms with Gasteiger partial charge in [-0.2, -0.15) is 0 Å². The van der Waals surface area contributed by atoms with Crippen LogP contribution in [0.5, 0.6) is 0 Å². The molecule has 0 aromatic heterocycles. The molecule has 1 aromatic rings. The van der Waals surface area contributed by atoms with Gasteiger partial charge in [0.25, 0.3) is 11.7 Å². The van der Waals surface area contributed by atoms with Crippen molar-refractivity contribution in [2.45, 2.75) is 32.0 Å². The first-order valence-electron chi connectivity index (χ1n) is 6.48. The third-order valence-electron chi connectivity index (χ3n) is 3.72.